The van der Waals surface area contributed by atoms with Crippen molar-refractivity contribution in [2.24, 2.45) is 10.9 Å². The van der Waals surface area contributed by atoms with Gasteiger partial charge in [-0.2, -0.15) is 5.10 Å². The fourth-order valence-corrected chi connectivity index (χ4v) is 1.80. The molecule has 2 aromatic rings. The molecule has 0 aliphatic rings. The largest absolute Gasteiger partial charge is 0.452 e. The van der Waals surface area contributed by atoms with E-state index >= 15 is 0 Å². The van der Waals surface area contributed by atoms with Gasteiger partial charge in [0.15, 0.2) is 11.6 Å². The number of hydrogen-bond donors (Lipinski definition) is 2. The molecule has 20 heavy (non-hydrogen) atoms. The molecule has 0 aliphatic carbocycles. The standard InChI is InChI=1S/C13H15ClN4O2/c1-8(2)18-7-10(6-16-18)20-12-4-3-9(5-11(12)14)13(15)17-19/h3-8,19H,1-2H3,(H2,15,17). The van der Waals surface area contributed by atoms with E-state index in [4.69, 9.17) is 27.3 Å². The molecule has 3 N–H and O–H groups in total. The molecule has 7 heteroatoms. The highest BCUT2D eigenvalue weighted by atomic mass is 35.5. The van der Waals surface area contributed by atoms with Crippen molar-refractivity contribution >= 4 is 17.4 Å². The van der Waals surface area contributed by atoms with Gasteiger partial charge in [0.2, 0.25) is 0 Å². The van der Waals surface area contributed by atoms with Crippen molar-refractivity contribution in [2.75, 3.05) is 0 Å². The number of nitrogens with two attached hydrogens (primary N) is 1. The van der Waals surface area contributed by atoms with E-state index in [1.54, 1.807) is 35.3 Å². The van der Waals surface area contributed by atoms with Crippen molar-refractivity contribution in [3.63, 3.8) is 0 Å². The van der Waals surface area contributed by atoms with E-state index in [0.29, 0.717) is 22.1 Å². The second kappa shape index (κ2) is 5.83. The maximum Gasteiger partial charge on any atom is 0.170 e. The minimum Gasteiger partial charge on any atom is -0.452 e. The molecule has 0 saturated carbocycles. The second-order valence-corrected chi connectivity index (χ2v) is 4.89. The minimum absolute atomic E-state index is 0.00826. The molecule has 0 aliphatic heterocycles. The molecule has 0 radical (unpaired) electrons. The van der Waals surface area contributed by atoms with E-state index in [2.05, 4.69) is 10.3 Å². The third-order valence-electron chi connectivity index (χ3n) is 2.67. The maximum absolute atomic E-state index is 8.62. The van der Waals surface area contributed by atoms with Gasteiger partial charge in [-0.15, -0.1) is 0 Å². The summed E-state index contributed by atoms with van der Waals surface area (Å²) in [6.45, 7) is 4.05. The Hall–Kier alpha value is -2.21. The van der Waals surface area contributed by atoms with Crippen molar-refractivity contribution in [3.05, 3.63) is 41.2 Å². The predicted molar refractivity (Wildman–Crippen MR) is 76.6 cm³/mol. The Kier molecular flexibility index (Phi) is 4.14. The average Bonchev–Trinajstić information content (AvgIpc) is 2.89. The van der Waals surface area contributed by atoms with Gasteiger partial charge in [-0.1, -0.05) is 16.8 Å². The number of aromatic nitrogens is 2. The molecular formula is C13H15ClN4O2. The van der Waals surface area contributed by atoms with E-state index in [9.17, 15) is 0 Å². The van der Waals surface area contributed by atoms with Gasteiger partial charge in [-0.25, -0.2) is 0 Å². The molecule has 0 saturated heterocycles. The zero-order valence-electron chi connectivity index (χ0n) is 11.1. The predicted octanol–water partition coefficient (Wildman–Crippen LogP) is 3.00. The van der Waals surface area contributed by atoms with Crippen molar-refractivity contribution in [1.29, 1.82) is 0 Å². The van der Waals surface area contributed by atoms with Gasteiger partial charge >= 0.3 is 0 Å². The summed E-state index contributed by atoms with van der Waals surface area (Å²) in [5.41, 5.74) is 6.01. The molecule has 0 fully saturated rings. The monoisotopic (exact) mass is 294 g/mol. The Balaban J connectivity index is 2.21. The van der Waals surface area contributed by atoms with Gasteiger partial charge < -0.3 is 15.7 Å². The molecule has 2 rings (SSSR count). The summed E-state index contributed by atoms with van der Waals surface area (Å²) >= 11 is 6.11. The fourth-order valence-electron chi connectivity index (χ4n) is 1.58. The summed E-state index contributed by atoms with van der Waals surface area (Å²) in [4.78, 5) is 0. The van der Waals surface area contributed by atoms with Gasteiger partial charge in [0.25, 0.3) is 0 Å². The SMILES string of the molecule is CC(C)n1cc(Oc2ccc(/C(N)=N/O)cc2Cl)cn1. The van der Waals surface area contributed by atoms with Crippen LogP contribution in [0.5, 0.6) is 11.5 Å². The molecule has 0 unspecified atom stereocenters. The van der Waals surface area contributed by atoms with Crippen LogP contribution in [0.1, 0.15) is 25.5 Å². The first-order valence-corrected chi connectivity index (χ1v) is 6.38. The first kappa shape index (κ1) is 14.2. The third kappa shape index (κ3) is 3.03. The third-order valence-corrected chi connectivity index (χ3v) is 2.97. The summed E-state index contributed by atoms with van der Waals surface area (Å²) in [5, 5.41) is 16.1. The normalized spacial score (nSPS) is 11.9. The summed E-state index contributed by atoms with van der Waals surface area (Å²) in [6.07, 6.45) is 3.41. The number of rotatable bonds is 4. The number of amidine groups is 1. The van der Waals surface area contributed by atoms with Gasteiger partial charge in [0.1, 0.15) is 5.75 Å². The summed E-state index contributed by atoms with van der Waals surface area (Å²) in [5.74, 6) is 1.06. The number of benzene rings is 1. The smallest absolute Gasteiger partial charge is 0.170 e. The fraction of sp³-hybridized carbons (Fsp3) is 0.231. The maximum atomic E-state index is 8.62. The van der Waals surface area contributed by atoms with E-state index in [0.717, 1.165) is 0 Å². The van der Waals surface area contributed by atoms with Crippen LogP contribution in [0.2, 0.25) is 5.02 Å². The number of ether oxygens (including phenoxy) is 1. The Morgan fingerprint density at radius 3 is 2.80 bits per heavy atom. The van der Waals surface area contributed by atoms with Crippen LogP contribution in [0, 0.1) is 0 Å². The Morgan fingerprint density at radius 2 is 2.25 bits per heavy atom. The zero-order chi connectivity index (χ0) is 14.7. The lowest BCUT2D eigenvalue weighted by molar-refractivity contribution is 0.318. The lowest BCUT2D eigenvalue weighted by atomic mass is 10.2. The quantitative estimate of drug-likeness (QED) is 0.393. The van der Waals surface area contributed by atoms with E-state index in [1.165, 1.54) is 0 Å². The lowest BCUT2D eigenvalue weighted by Gasteiger charge is -2.07. The number of halogens is 1. The molecule has 1 aromatic heterocycles. The number of hydrogen-bond acceptors (Lipinski definition) is 4. The first-order valence-electron chi connectivity index (χ1n) is 6.00. The van der Waals surface area contributed by atoms with Crippen LogP contribution in [0.25, 0.3) is 0 Å². The molecule has 0 bridgehead atoms. The van der Waals surface area contributed by atoms with Crippen LogP contribution in [0.15, 0.2) is 35.7 Å². The highest BCUT2D eigenvalue weighted by Crippen LogP contribution is 2.30. The van der Waals surface area contributed by atoms with Gasteiger partial charge in [-0.3, -0.25) is 4.68 Å². The first-order chi connectivity index (χ1) is 9.51. The number of oxime groups is 1. The molecule has 1 heterocycles. The Labute approximate surface area is 121 Å². The molecule has 6 nitrogen and oxygen atoms in total. The van der Waals surface area contributed by atoms with Crippen molar-refractivity contribution < 1.29 is 9.94 Å². The van der Waals surface area contributed by atoms with Gasteiger partial charge in [0, 0.05) is 11.6 Å². The van der Waals surface area contributed by atoms with Crippen LogP contribution in [0.3, 0.4) is 0 Å². The van der Waals surface area contributed by atoms with Crippen LogP contribution in [0.4, 0.5) is 0 Å². The summed E-state index contributed by atoms with van der Waals surface area (Å²) < 4.78 is 7.44. The van der Waals surface area contributed by atoms with Crippen LogP contribution in [-0.4, -0.2) is 20.8 Å². The topological polar surface area (TPSA) is 85.7 Å². The summed E-state index contributed by atoms with van der Waals surface area (Å²) in [6, 6.07) is 5.13. The molecule has 106 valence electrons. The minimum atomic E-state index is -0.00826. The van der Waals surface area contributed by atoms with Gasteiger partial charge in [0.05, 0.1) is 17.4 Å². The van der Waals surface area contributed by atoms with Crippen LogP contribution < -0.4 is 10.5 Å². The Bertz CT molecular complexity index is 637. The van der Waals surface area contributed by atoms with Gasteiger partial charge in [-0.05, 0) is 32.0 Å². The molecular weight excluding hydrogens is 280 g/mol. The number of nitrogens with zero attached hydrogens (tertiary/aromatic N) is 3. The second-order valence-electron chi connectivity index (χ2n) is 4.48. The van der Waals surface area contributed by atoms with E-state index < -0.39 is 0 Å². The highest BCUT2D eigenvalue weighted by molar-refractivity contribution is 6.32. The average molecular weight is 295 g/mol. The zero-order valence-corrected chi connectivity index (χ0v) is 11.9. The van der Waals surface area contributed by atoms with Crippen molar-refractivity contribution in [3.8, 4) is 11.5 Å². The van der Waals surface area contributed by atoms with E-state index in [1.807, 2.05) is 13.8 Å². The van der Waals surface area contributed by atoms with Crippen LogP contribution >= 0.6 is 11.6 Å². The summed E-state index contributed by atoms with van der Waals surface area (Å²) in [7, 11) is 0. The van der Waals surface area contributed by atoms with Crippen molar-refractivity contribution in [1.82, 2.24) is 9.78 Å². The van der Waals surface area contributed by atoms with Crippen LogP contribution in [-0.2, 0) is 0 Å². The molecule has 0 amide bonds. The van der Waals surface area contributed by atoms with Crippen molar-refractivity contribution in [2.45, 2.75) is 19.9 Å². The molecule has 1 aromatic carbocycles. The molecule has 0 atom stereocenters. The lowest BCUT2D eigenvalue weighted by Crippen LogP contribution is -2.12. The highest BCUT2D eigenvalue weighted by Gasteiger charge is 2.09. The molecule has 0 spiro atoms. The Morgan fingerprint density at radius 1 is 1.50 bits per heavy atom. The van der Waals surface area contributed by atoms with E-state index in [-0.39, 0.29) is 11.9 Å².